The maximum Gasteiger partial charge on any atom is 0.264 e. The third kappa shape index (κ3) is 3.07. The van der Waals surface area contributed by atoms with E-state index in [1.54, 1.807) is 17.0 Å². The lowest BCUT2D eigenvalue weighted by Gasteiger charge is -2.17. The molecular weight excluding hydrogens is 302 g/mol. The first-order valence-electron chi connectivity index (χ1n) is 6.23. The van der Waals surface area contributed by atoms with Gasteiger partial charge in [-0.15, -0.1) is 0 Å². The van der Waals surface area contributed by atoms with Crippen molar-refractivity contribution in [2.45, 2.75) is 24.7 Å². The van der Waals surface area contributed by atoms with Gasteiger partial charge in [-0.3, -0.25) is 4.79 Å². The number of amides is 1. The van der Waals surface area contributed by atoms with E-state index in [4.69, 9.17) is 15.4 Å². The van der Waals surface area contributed by atoms with Gasteiger partial charge in [0.2, 0.25) is 5.91 Å². The highest BCUT2D eigenvalue weighted by atomic mass is 35.7. The zero-order chi connectivity index (χ0) is 14.9. The van der Waals surface area contributed by atoms with Crippen molar-refractivity contribution >= 4 is 25.6 Å². The van der Waals surface area contributed by atoms with Gasteiger partial charge >= 0.3 is 0 Å². The molecule has 0 atom stereocenters. The summed E-state index contributed by atoms with van der Waals surface area (Å²) >= 11 is 0. The zero-order valence-electron chi connectivity index (χ0n) is 11.3. The molecule has 0 aliphatic carbocycles. The summed E-state index contributed by atoms with van der Waals surface area (Å²) in [6, 6.07) is 3.26. The van der Waals surface area contributed by atoms with Crippen LogP contribution in [0.2, 0.25) is 0 Å². The van der Waals surface area contributed by atoms with Gasteiger partial charge in [0.1, 0.15) is 10.6 Å². The Morgan fingerprint density at radius 2 is 1.80 bits per heavy atom. The summed E-state index contributed by atoms with van der Waals surface area (Å²) in [4.78, 5) is 13.2. The summed E-state index contributed by atoms with van der Waals surface area (Å²) in [7, 11) is 2.99. The number of hydrogen-bond acceptors (Lipinski definition) is 4. The topological polar surface area (TPSA) is 63.7 Å². The number of ether oxygens (including phenoxy) is 1. The highest BCUT2D eigenvalue weighted by Gasteiger charge is 2.22. The van der Waals surface area contributed by atoms with Gasteiger partial charge < -0.3 is 9.64 Å². The number of carbonyl (C=O) groups excluding carboxylic acids is 1. The Morgan fingerprint density at radius 3 is 2.25 bits per heavy atom. The van der Waals surface area contributed by atoms with Crippen LogP contribution in [-0.4, -0.2) is 39.4 Å². The van der Waals surface area contributed by atoms with E-state index in [1.807, 2.05) is 0 Å². The third-order valence-corrected chi connectivity index (χ3v) is 4.84. The quantitative estimate of drug-likeness (QED) is 0.777. The first-order valence-corrected chi connectivity index (χ1v) is 8.54. The van der Waals surface area contributed by atoms with Crippen molar-refractivity contribution in [1.82, 2.24) is 4.90 Å². The number of carbonyl (C=O) groups is 1. The Bertz CT molecular complexity index is 642. The predicted octanol–water partition coefficient (Wildman–Crippen LogP) is 1.57. The van der Waals surface area contributed by atoms with Crippen LogP contribution in [-0.2, 0) is 26.7 Å². The number of methoxy groups -OCH3 is 1. The molecule has 0 aromatic heterocycles. The Hall–Kier alpha value is -1.27. The first kappa shape index (κ1) is 15.1. The molecule has 1 aliphatic heterocycles. The molecule has 0 saturated carbocycles. The molecule has 20 heavy (non-hydrogen) atoms. The van der Waals surface area contributed by atoms with Gasteiger partial charge in [0.25, 0.3) is 9.05 Å². The maximum absolute atomic E-state index is 11.6. The van der Waals surface area contributed by atoms with Gasteiger partial charge in [0.15, 0.2) is 0 Å². The number of rotatable bonds is 2. The van der Waals surface area contributed by atoms with Crippen LogP contribution in [0.3, 0.4) is 0 Å². The fourth-order valence-electron chi connectivity index (χ4n) is 2.40. The summed E-state index contributed by atoms with van der Waals surface area (Å²) in [6.45, 7) is 2.74. The molecule has 0 saturated heterocycles. The molecule has 1 aromatic carbocycles. The van der Waals surface area contributed by atoms with Crippen LogP contribution in [0.25, 0.3) is 0 Å². The molecule has 1 aliphatic rings. The Kier molecular flexibility index (Phi) is 4.25. The zero-order valence-corrected chi connectivity index (χ0v) is 12.9. The molecule has 0 spiro atoms. The summed E-state index contributed by atoms with van der Waals surface area (Å²) in [6.07, 6.45) is 1.28. The van der Waals surface area contributed by atoms with Crippen molar-refractivity contribution in [2.75, 3.05) is 20.2 Å². The number of benzene rings is 1. The minimum atomic E-state index is -3.85. The molecule has 2 rings (SSSR count). The molecule has 7 heteroatoms. The van der Waals surface area contributed by atoms with Crippen molar-refractivity contribution in [3.63, 3.8) is 0 Å². The molecule has 1 amide bonds. The SMILES string of the molecule is COc1cc2c(cc1S(=O)(=O)Cl)CCN(C(C)=O)CC2. The van der Waals surface area contributed by atoms with Crippen LogP contribution < -0.4 is 4.74 Å². The van der Waals surface area contributed by atoms with Gasteiger partial charge in [-0.2, -0.15) is 0 Å². The second-order valence-corrected chi connectivity index (χ2v) is 7.25. The molecule has 0 N–H and O–H groups in total. The fraction of sp³-hybridized carbons (Fsp3) is 0.462. The van der Waals surface area contributed by atoms with Crippen molar-refractivity contribution < 1.29 is 17.9 Å². The largest absolute Gasteiger partial charge is 0.495 e. The molecule has 5 nitrogen and oxygen atoms in total. The lowest BCUT2D eigenvalue weighted by Crippen LogP contribution is -2.30. The number of hydrogen-bond donors (Lipinski definition) is 0. The van der Waals surface area contributed by atoms with Crippen LogP contribution >= 0.6 is 10.7 Å². The van der Waals surface area contributed by atoms with Gasteiger partial charge in [0.05, 0.1) is 7.11 Å². The van der Waals surface area contributed by atoms with E-state index < -0.39 is 9.05 Å². The van der Waals surface area contributed by atoms with Crippen LogP contribution in [0.1, 0.15) is 18.1 Å². The van der Waals surface area contributed by atoms with Crippen LogP contribution in [0.5, 0.6) is 5.75 Å². The molecule has 0 unspecified atom stereocenters. The Balaban J connectivity index is 2.45. The van der Waals surface area contributed by atoms with Crippen molar-refractivity contribution in [1.29, 1.82) is 0 Å². The standard InChI is InChI=1S/C13H16ClNO4S/c1-9(16)15-5-3-10-7-12(19-2)13(20(14,17)18)8-11(10)4-6-15/h7-8H,3-6H2,1-2H3. The van der Waals surface area contributed by atoms with Gasteiger partial charge in [0, 0.05) is 30.7 Å². The van der Waals surface area contributed by atoms with Crippen LogP contribution in [0.15, 0.2) is 17.0 Å². The van der Waals surface area contributed by atoms with Crippen molar-refractivity contribution in [3.05, 3.63) is 23.3 Å². The van der Waals surface area contributed by atoms with E-state index in [0.29, 0.717) is 25.9 Å². The van der Waals surface area contributed by atoms with Gasteiger partial charge in [-0.05, 0) is 36.1 Å². The maximum atomic E-state index is 11.6. The Labute approximate surface area is 122 Å². The van der Waals surface area contributed by atoms with E-state index >= 15 is 0 Å². The van der Waals surface area contributed by atoms with Gasteiger partial charge in [-0.25, -0.2) is 8.42 Å². The molecule has 1 aromatic rings. The Morgan fingerprint density at radius 1 is 1.25 bits per heavy atom. The number of fused-ring (bicyclic) bond motifs is 1. The highest BCUT2D eigenvalue weighted by Crippen LogP contribution is 2.31. The van der Waals surface area contributed by atoms with E-state index in [2.05, 4.69) is 0 Å². The number of halogens is 1. The predicted molar refractivity (Wildman–Crippen MR) is 75.7 cm³/mol. The van der Waals surface area contributed by atoms with E-state index in [9.17, 15) is 13.2 Å². The second-order valence-electron chi connectivity index (χ2n) is 4.72. The average molecular weight is 318 g/mol. The summed E-state index contributed by atoms with van der Waals surface area (Å²) < 4.78 is 28.3. The number of nitrogens with zero attached hydrogens (tertiary/aromatic N) is 1. The minimum Gasteiger partial charge on any atom is -0.495 e. The fourth-order valence-corrected chi connectivity index (χ4v) is 3.42. The monoisotopic (exact) mass is 317 g/mol. The van der Waals surface area contributed by atoms with E-state index in [-0.39, 0.29) is 16.6 Å². The highest BCUT2D eigenvalue weighted by molar-refractivity contribution is 8.13. The molecule has 0 radical (unpaired) electrons. The summed E-state index contributed by atoms with van der Waals surface area (Å²) in [5.74, 6) is 0.269. The van der Waals surface area contributed by atoms with Crippen LogP contribution in [0, 0.1) is 0 Å². The summed E-state index contributed by atoms with van der Waals surface area (Å²) in [5.41, 5.74) is 1.89. The van der Waals surface area contributed by atoms with Crippen molar-refractivity contribution in [2.24, 2.45) is 0 Å². The molecule has 110 valence electrons. The molecule has 1 heterocycles. The van der Waals surface area contributed by atoms with Gasteiger partial charge in [-0.1, -0.05) is 0 Å². The minimum absolute atomic E-state index is 0.0170. The van der Waals surface area contributed by atoms with Crippen LogP contribution in [0.4, 0.5) is 0 Å². The van der Waals surface area contributed by atoms with E-state index in [1.165, 1.54) is 14.0 Å². The summed E-state index contributed by atoms with van der Waals surface area (Å²) in [5, 5.41) is 0. The molecule has 0 fully saturated rings. The first-order chi connectivity index (χ1) is 9.32. The van der Waals surface area contributed by atoms with Crippen molar-refractivity contribution in [3.8, 4) is 5.75 Å². The average Bonchev–Trinajstić information content (AvgIpc) is 2.57. The smallest absolute Gasteiger partial charge is 0.264 e. The molecular formula is C13H16ClNO4S. The van der Waals surface area contributed by atoms with E-state index in [0.717, 1.165) is 11.1 Å². The normalized spacial score (nSPS) is 15.4. The second kappa shape index (κ2) is 5.61. The third-order valence-electron chi connectivity index (χ3n) is 3.50. The molecule has 0 bridgehead atoms. The lowest BCUT2D eigenvalue weighted by atomic mass is 10.0. The lowest BCUT2D eigenvalue weighted by molar-refractivity contribution is -0.128.